The van der Waals surface area contributed by atoms with Gasteiger partial charge in [0.15, 0.2) is 0 Å². The summed E-state index contributed by atoms with van der Waals surface area (Å²) in [7, 11) is 3.06. The molecule has 0 aromatic heterocycles. The van der Waals surface area contributed by atoms with Gasteiger partial charge in [-0.25, -0.2) is 4.79 Å². The molecule has 1 aromatic rings. The Balaban J connectivity index is 1.84. The van der Waals surface area contributed by atoms with E-state index in [1.165, 1.54) is 7.11 Å². The quantitative estimate of drug-likeness (QED) is 0.622. The molecule has 1 aliphatic heterocycles. The highest BCUT2D eigenvalue weighted by atomic mass is 35.5. The molecule has 1 heterocycles. The van der Waals surface area contributed by atoms with Crippen LogP contribution in [0, 0.1) is 5.92 Å². The van der Waals surface area contributed by atoms with E-state index in [1.807, 2.05) is 17.0 Å². The zero-order valence-electron chi connectivity index (χ0n) is 18.4. The van der Waals surface area contributed by atoms with Gasteiger partial charge in [-0.15, -0.1) is 0 Å². The molecular formula is C21H31ClN4O5. The number of amides is 4. The number of halogens is 1. The molecule has 1 aliphatic rings. The summed E-state index contributed by atoms with van der Waals surface area (Å²) in [5.41, 5.74) is 0.991. The van der Waals surface area contributed by atoms with Gasteiger partial charge < -0.3 is 24.6 Å². The highest BCUT2D eigenvalue weighted by Gasteiger charge is 2.29. The van der Waals surface area contributed by atoms with Crippen molar-refractivity contribution in [2.45, 2.75) is 26.3 Å². The van der Waals surface area contributed by atoms with Crippen LogP contribution in [0.2, 0.25) is 5.02 Å². The molecule has 2 rings (SSSR count). The molecule has 1 saturated heterocycles. The Kier molecular flexibility index (Phi) is 9.39. The number of benzene rings is 1. The van der Waals surface area contributed by atoms with Gasteiger partial charge in [-0.05, 0) is 19.1 Å². The van der Waals surface area contributed by atoms with Gasteiger partial charge in [0.25, 0.3) is 0 Å². The topological polar surface area (TPSA) is 100 Å². The summed E-state index contributed by atoms with van der Waals surface area (Å²) < 4.78 is 10.1. The first-order chi connectivity index (χ1) is 14.8. The minimum atomic E-state index is -0.615. The van der Waals surface area contributed by atoms with Crippen molar-refractivity contribution in [3.63, 3.8) is 0 Å². The fourth-order valence-electron chi connectivity index (χ4n) is 3.44. The summed E-state index contributed by atoms with van der Waals surface area (Å²) in [4.78, 5) is 40.2. The fraction of sp³-hybridized carbons (Fsp3) is 0.571. The average Bonchev–Trinajstić information content (AvgIpc) is 2.75. The first kappa shape index (κ1) is 24.7. The molecule has 31 heavy (non-hydrogen) atoms. The fourth-order valence-corrected chi connectivity index (χ4v) is 3.64. The second kappa shape index (κ2) is 11.8. The molecule has 0 unspecified atom stereocenters. The first-order valence-electron chi connectivity index (χ1n) is 10.2. The standard InChI is InChI=1S/C21H31ClN4O5/c1-14(12-23-21(29)24-19(27)7-10-30-3)20(28)25-8-9-26(15(2)13-25)16-5-6-17(22)18(11-16)31-4/h5-6,11,14-15H,7-10,12-13H2,1-4H3,(H2,23,24,27,29)/t14-,15-/m0/s1. The summed E-state index contributed by atoms with van der Waals surface area (Å²) in [6.45, 7) is 6.01. The van der Waals surface area contributed by atoms with Gasteiger partial charge in [0.05, 0.1) is 31.1 Å². The van der Waals surface area contributed by atoms with Crippen molar-refractivity contribution in [1.82, 2.24) is 15.5 Å². The van der Waals surface area contributed by atoms with Crippen LogP contribution in [0.4, 0.5) is 10.5 Å². The minimum Gasteiger partial charge on any atom is -0.495 e. The highest BCUT2D eigenvalue weighted by Crippen LogP contribution is 2.31. The van der Waals surface area contributed by atoms with E-state index in [4.69, 9.17) is 21.1 Å². The van der Waals surface area contributed by atoms with Crippen molar-refractivity contribution in [1.29, 1.82) is 0 Å². The van der Waals surface area contributed by atoms with Gasteiger partial charge >= 0.3 is 6.03 Å². The van der Waals surface area contributed by atoms with Crippen molar-refractivity contribution in [2.75, 3.05) is 51.9 Å². The van der Waals surface area contributed by atoms with Gasteiger partial charge in [-0.3, -0.25) is 14.9 Å². The number of nitrogens with zero attached hydrogens (tertiary/aromatic N) is 2. The molecule has 0 saturated carbocycles. The number of imide groups is 1. The largest absolute Gasteiger partial charge is 0.495 e. The second-order valence-corrected chi connectivity index (χ2v) is 7.95. The van der Waals surface area contributed by atoms with Crippen LogP contribution in [0.3, 0.4) is 0 Å². The predicted molar refractivity (Wildman–Crippen MR) is 119 cm³/mol. The summed E-state index contributed by atoms with van der Waals surface area (Å²) in [6, 6.07) is 5.13. The van der Waals surface area contributed by atoms with Crippen molar-refractivity contribution < 1.29 is 23.9 Å². The van der Waals surface area contributed by atoms with Crippen LogP contribution in [0.15, 0.2) is 18.2 Å². The molecule has 1 fully saturated rings. The third-order valence-corrected chi connectivity index (χ3v) is 5.49. The van der Waals surface area contributed by atoms with Crippen LogP contribution in [0.1, 0.15) is 20.3 Å². The molecule has 10 heteroatoms. The lowest BCUT2D eigenvalue weighted by Crippen LogP contribution is -2.55. The maximum atomic E-state index is 12.8. The predicted octanol–water partition coefficient (Wildman–Crippen LogP) is 1.88. The normalized spacial score (nSPS) is 17.1. The third-order valence-electron chi connectivity index (χ3n) is 5.18. The van der Waals surface area contributed by atoms with E-state index in [-0.39, 0.29) is 31.5 Å². The van der Waals surface area contributed by atoms with Gasteiger partial charge in [0.1, 0.15) is 5.75 Å². The average molecular weight is 455 g/mol. The summed E-state index contributed by atoms with van der Waals surface area (Å²) in [5.74, 6) is -0.258. The lowest BCUT2D eigenvalue weighted by Gasteiger charge is -2.42. The molecule has 2 atom stereocenters. The Labute approximate surface area is 188 Å². The Morgan fingerprint density at radius 3 is 2.65 bits per heavy atom. The molecule has 4 amide bonds. The van der Waals surface area contributed by atoms with E-state index in [0.29, 0.717) is 30.4 Å². The Morgan fingerprint density at radius 2 is 2.00 bits per heavy atom. The SMILES string of the molecule is COCCC(=O)NC(=O)NC[C@H](C)C(=O)N1CCN(c2ccc(Cl)c(OC)c2)[C@@H](C)C1. The third kappa shape index (κ3) is 7.00. The number of anilines is 1. The van der Waals surface area contributed by atoms with Crippen LogP contribution in [0.5, 0.6) is 5.75 Å². The lowest BCUT2D eigenvalue weighted by molar-refractivity contribution is -0.135. The number of carbonyl (C=O) groups excluding carboxylic acids is 3. The number of hydrogen-bond donors (Lipinski definition) is 2. The van der Waals surface area contributed by atoms with Crippen LogP contribution in [0.25, 0.3) is 0 Å². The number of urea groups is 1. The molecule has 0 aliphatic carbocycles. The van der Waals surface area contributed by atoms with Crippen molar-refractivity contribution >= 4 is 35.1 Å². The van der Waals surface area contributed by atoms with Crippen molar-refractivity contribution in [3.8, 4) is 5.75 Å². The summed E-state index contributed by atoms with van der Waals surface area (Å²) in [6.07, 6.45) is 0.0973. The van der Waals surface area contributed by atoms with Gasteiger partial charge in [-0.2, -0.15) is 0 Å². The maximum Gasteiger partial charge on any atom is 0.321 e. The number of piperazine rings is 1. The smallest absolute Gasteiger partial charge is 0.321 e. The minimum absolute atomic E-state index is 0.0359. The van der Waals surface area contributed by atoms with E-state index in [9.17, 15) is 14.4 Å². The molecule has 0 bridgehead atoms. The van der Waals surface area contributed by atoms with E-state index >= 15 is 0 Å². The highest BCUT2D eigenvalue weighted by molar-refractivity contribution is 6.32. The van der Waals surface area contributed by atoms with E-state index in [0.717, 1.165) is 5.69 Å². The van der Waals surface area contributed by atoms with E-state index in [2.05, 4.69) is 22.5 Å². The van der Waals surface area contributed by atoms with Gasteiger partial charge in [0, 0.05) is 51.1 Å². The van der Waals surface area contributed by atoms with E-state index < -0.39 is 17.9 Å². The molecule has 0 spiro atoms. The molecule has 2 N–H and O–H groups in total. The van der Waals surface area contributed by atoms with Gasteiger partial charge in [0.2, 0.25) is 11.8 Å². The number of nitrogens with one attached hydrogen (secondary N) is 2. The van der Waals surface area contributed by atoms with E-state index in [1.54, 1.807) is 20.1 Å². The van der Waals surface area contributed by atoms with Gasteiger partial charge in [-0.1, -0.05) is 18.5 Å². The number of ether oxygens (including phenoxy) is 2. The van der Waals surface area contributed by atoms with Crippen LogP contribution in [-0.4, -0.2) is 75.8 Å². The summed E-state index contributed by atoms with van der Waals surface area (Å²) in [5, 5.41) is 5.34. The van der Waals surface area contributed by atoms with Crippen LogP contribution in [-0.2, 0) is 14.3 Å². The lowest BCUT2D eigenvalue weighted by atomic mass is 10.1. The Hall–Kier alpha value is -2.52. The van der Waals surface area contributed by atoms with Crippen molar-refractivity contribution in [2.24, 2.45) is 5.92 Å². The number of hydrogen-bond acceptors (Lipinski definition) is 6. The number of rotatable bonds is 8. The second-order valence-electron chi connectivity index (χ2n) is 7.55. The Bertz CT molecular complexity index is 791. The summed E-state index contributed by atoms with van der Waals surface area (Å²) >= 11 is 6.12. The maximum absolute atomic E-state index is 12.8. The molecule has 172 valence electrons. The monoisotopic (exact) mass is 454 g/mol. The molecule has 0 radical (unpaired) electrons. The Morgan fingerprint density at radius 1 is 1.26 bits per heavy atom. The zero-order chi connectivity index (χ0) is 23.0. The molecular weight excluding hydrogens is 424 g/mol. The number of carbonyl (C=O) groups is 3. The van der Waals surface area contributed by atoms with Crippen molar-refractivity contribution in [3.05, 3.63) is 23.2 Å². The zero-order valence-corrected chi connectivity index (χ0v) is 19.2. The molecule has 1 aromatic carbocycles. The molecule has 9 nitrogen and oxygen atoms in total. The first-order valence-corrected chi connectivity index (χ1v) is 10.6. The van der Waals surface area contributed by atoms with Crippen LogP contribution >= 0.6 is 11.6 Å². The number of methoxy groups -OCH3 is 2. The van der Waals surface area contributed by atoms with Crippen LogP contribution < -0.4 is 20.3 Å².